The number of aryl methyl sites for hydroxylation is 1. The molecule has 2 aliphatic carbocycles. The second-order valence-electron chi connectivity index (χ2n) is 17.4. The minimum Gasteiger partial charge on any atom is -0.392 e. The van der Waals surface area contributed by atoms with E-state index < -0.39 is 0 Å². The second kappa shape index (κ2) is 15.6. The highest BCUT2D eigenvalue weighted by Crippen LogP contribution is 2.53. The molecule has 286 valence electrons. The van der Waals surface area contributed by atoms with Crippen LogP contribution in [0.5, 0.6) is 0 Å². The van der Waals surface area contributed by atoms with Gasteiger partial charge in [-0.3, -0.25) is 14.9 Å². The van der Waals surface area contributed by atoms with Crippen molar-refractivity contribution < 1.29 is 14.7 Å². The fourth-order valence-electron chi connectivity index (χ4n) is 11.0. The minimum absolute atomic E-state index is 0.0971. The molecule has 4 aromatic rings. The third kappa shape index (κ3) is 7.71. The summed E-state index contributed by atoms with van der Waals surface area (Å²) in [6.07, 6.45) is 10.9. The summed E-state index contributed by atoms with van der Waals surface area (Å²) < 4.78 is 0. The number of hydrogen-bond donors (Lipinski definition) is 3. The zero-order chi connectivity index (χ0) is 37.4. The Labute approximate surface area is 326 Å². The second-order valence-corrected chi connectivity index (χ2v) is 17.4. The number of benzene rings is 4. The maximum Gasteiger partial charge on any atom is 0.249 e. The average Bonchev–Trinajstić information content (AvgIpc) is 3.22. The summed E-state index contributed by atoms with van der Waals surface area (Å²) in [5.74, 6) is 1.79. The molecule has 4 aromatic carbocycles. The first kappa shape index (κ1) is 36.2. The van der Waals surface area contributed by atoms with Crippen LogP contribution in [-0.4, -0.2) is 60.6 Å². The Morgan fingerprint density at radius 2 is 1.47 bits per heavy atom. The lowest BCUT2D eigenvalue weighted by Gasteiger charge is -2.54. The van der Waals surface area contributed by atoms with E-state index in [1.807, 2.05) is 0 Å². The lowest BCUT2D eigenvalue weighted by atomic mass is 9.57. The number of piperidine rings is 3. The number of amides is 2. The molecule has 9 rings (SSSR count). The normalized spacial score (nSPS) is 24.6. The summed E-state index contributed by atoms with van der Waals surface area (Å²) in [4.78, 5) is 29.0. The van der Waals surface area contributed by atoms with E-state index in [2.05, 4.69) is 117 Å². The van der Waals surface area contributed by atoms with E-state index >= 15 is 0 Å². The van der Waals surface area contributed by atoms with Gasteiger partial charge in [0.1, 0.15) is 6.04 Å². The third-order valence-electron chi connectivity index (χ3n) is 14.0. The van der Waals surface area contributed by atoms with Crippen molar-refractivity contribution in [2.45, 2.75) is 94.6 Å². The Bertz CT molecular complexity index is 1950. The van der Waals surface area contributed by atoms with E-state index in [1.165, 1.54) is 91.7 Å². The van der Waals surface area contributed by atoms with Crippen LogP contribution >= 0.6 is 0 Å². The Morgan fingerprint density at radius 3 is 2.18 bits per heavy atom. The molecule has 1 saturated carbocycles. The molecule has 3 heterocycles. The molecule has 3 saturated heterocycles. The van der Waals surface area contributed by atoms with Gasteiger partial charge in [-0.05, 0) is 152 Å². The number of likely N-dealkylation sites (tertiary alicyclic amines) is 1. The van der Waals surface area contributed by atoms with Gasteiger partial charge in [-0.1, -0.05) is 72.8 Å². The van der Waals surface area contributed by atoms with Gasteiger partial charge in [-0.2, -0.15) is 0 Å². The van der Waals surface area contributed by atoms with E-state index in [1.54, 1.807) is 0 Å². The van der Waals surface area contributed by atoms with Crippen LogP contribution in [0.3, 0.4) is 0 Å². The van der Waals surface area contributed by atoms with Gasteiger partial charge >= 0.3 is 0 Å². The molecule has 0 unspecified atom stereocenters. The highest BCUT2D eigenvalue weighted by atomic mass is 16.3. The first-order chi connectivity index (χ1) is 26.9. The van der Waals surface area contributed by atoms with Crippen LogP contribution in [0, 0.1) is 11.3 Å². The number of fused-ring (bicyclic) bond motifs is 1. The first-order valence-corrected chi connectivity index (χ1v) is 21.0. The molecule has 2 amide bonds. The topological polar surface area (TPSA) is 84.9 Å². The van der Waals surface area contributed by atoms with Crippen LogP contribution in [-0.2, 0) is 22.6 Å². The van der Waals surface area contributed by atoms with E-state index in [4.69, 9.17) is 0 Å². The van der Waals surface area contributed by atoms with E-state index in [9.17, 15) is 14.7 Å². The predicted octanol–water partition coefficient (Wildman–Crippen LogP) is 8.13. The Balaban J connectivity index is 0.748. The molecule has 3 N–H and O–H groups in total. The number of anilines is 2. The van der Waals surface area contributed by atoms with Crippen molar-refractivity contribution in [3.63, 3.8) is 0 Å². The summed E-state index contributed by atoms with van der Waals surface area (Å²) in [6.45, 7) is 6.01. The van der Waals surface area contributed by atoms with Crippen LogP contribution in [0.2, 0.25) is 0 Å². The number of nitrogens with one attached hydrogen (secondary N) is 2. The van der Waals surface area contributed by atoms with Crippen LogP contribution in [0.15, 0.2) is 97.1 Å². The summed E-state index contributed by atoms with van der Waals surface area (Å²) >= 11 is 0. The van der Waals surface area contributed by atoms with Gasteiger partial charge in [0, 0.05) is 43.3 Å². The molecule has 3 aliphatic heterocycles. The van der Waals surface area contributed by atoms with Crippen molar-refractivity contribution in [3.05, 3.63) is 130 Å². The van der Waals surface area contributed by atoms with Gasteiger partial charge < -0.3 is 20.2 Å². The smallest absolute Gasteiger partial charge is 0.249 e. The molecule has 5 aliphatic rings. The van der Waals surface area contributed by atoms with Crippen molar-refractivity contribution in [1.82, 2.24) is 10.2 Å². The van der Waals surface area contributed by atoms with Gasteiger partial charge in [0.2, 0.25) is 11.8 Å². The first-order valence-electron chi connectivity index (χ1n) is 21.0. The van der Waals surface area contributed by atoms with Crippen LogP contribution in [0.1, 0.15) is 109 Å². The van der Waals surface area contributed by atoms with Crippen LogP contribution in [0.4, 0.5) is 11.4 Å². The quantitative estimate of drug-likeness (QED) is 0.151. The number of hydrogen-bond acceptors (Lipinski definition) is 6. The maximum atomic E-state index is 12.1. The molecule has 55 heavy (non-hydrogen) atoms. The number of nitrogens with zero attached hydrogens (tertiary/aromatic N) is 2. The number of imide groups is 1. The van der Waals surface area contributed by atoms with Gasteiger partial charge in [0.15, 0.2) is 0 Å². The molecule has 4 fully saturated rings. The number of aliphatic hydroxyl groups is 1. The van der Waals surface area contributed by atoms with Crippen molar-refractivity contribution in [2.24, 2.45) is 11.3 Å². The fraction of sp³-hybridized carbons (Fsp3) is 0.458. The predicted molar refractivity (Wildman–Crippen MR) is 219 cm³/mol. The van der Waals surface area contributed by atoms with Gasteiger partial charge in [0.05, 0.1) is 6.61 Å². The SMILES string of the molecule is O=C1CC[C@@H](Nc2ccc(C3CCN(CC4CC5(CCN(c6ccc([C@@H]7c8ccc(CO)cc8CC[C@@H]7c7ccccc7)cc6)CC5)C4)CC3)cc2)C(=O)N1. The van der Waals surface area contributed by atoms with Crippen molar-refractivity contribution in [1.29, 1.82) is 0 Å². The molecular weight excluding hydrogens is 681 g/mol. The molecule has 3 atom stereocenters. The summed E-state index contributed by atoms with van der Waals surface area (Å²) in [6, 6.07) is 35.5. The highest BCUT2D eigenvalue weighted by Gasteiger charge is 2.46. The van der Waals surface area contributed by atoms with Gasteiger partial charge in [0.25, 0.3) is 0 Å². The number of carbonyl (C=O) groups is 2. The van der Waals surface area contributed by atoms with Gasteiger partial charge in [-0.25, -0.2) is 0 Å². The lowest BCUT2D eigenvalue weighted by Crippen LogP contribution is -2.50. The van der Waals surface area contributed by atoms with Crippen molar-refractivity contribution in [3.8, 4) is 0 Å². The summed E-state index contributed by atoms with van der Waals surface area (Å²) in [5.41, 5.74) is 10.9. The molecule has 7 heteroatoms. The number of aliphatic hydroxyl groups excluding tert-OH is 1. The molecule has 0 aromatic heterocycles. The Kier molecular flexibility index (Phi) is 10.3. The molecule has 7 nitrogen and oxygen atoms in total. The number of carbonyl (C=O) groups excluding carboxylic acids is 2. The van der Waals surface area contributed by atoms with Gasteiger partial charge in [-0.15, -0.1) is 0 Å². The highest BCUT2D eigenvalue weighted by molar-refractivity contribution is 6.01. The zero-order valence-corrected chi connectivity index (χ0v) is 32.1. The van der Waals surface area contributed by atoms with Crippen LogP contribution in [0.25, 0.3) is 0 Å². The Morgan fingerprint density at radius 1 is 0.745 bits per heavy atom. The summed E-state index contributed by atoms with van der Waals surface area (Å²) in [5, 5.41) is 15.5. The molecule has 0 radical (unpaired) electrons. The van der Waals surface area contributed by atoms with Crippen molar-refractivity contribution >= 4 is 23.2 Å². The average molecular weight is 737 g/mol. The zero-order valence-electron chi connectivity index (χ0n) is 32.1. The fourth-order valence-corrected chi connectivity index (χ4v) is 11.0. The van der Waals surface area contributed by atoms with Crippen LogP contribution < -0.4 is 15.5 Å². The van der Waals surface area contributed by atoms with E-state index in [0.29, 0.717) is 36.0 Å². The molecular formula is C48H56N4O3. The largest absolute Gasteiger partial charge is 0.392 e. The lowest BCUT2D eigenvalue weighted by molar-refractivity contribution is -0.133. The monoisotopic (exact) mass is 736 g/mol. The summed E-state index contributed by atoms with van der Waals surface area (Å²) in [7, 11) is 0. The maximum absolute atomic E-state index is 12.1. The third-order valence-corrected chi connectivity index (χ3v) is 14.0. The van der Waals surface area contributed by atoms with E-state index in [0.717, 1.165) is 43.1 Å². The van der Waals surface area contributed by atoms with Crippen molar-refractivity contribution in [2.75, 3.05) is 42.9 Å². The minimum atomic E-state index is -0.342. The Hall–Kier alpha value is -4.46. The molecule has 1 spiro atoms. The molecule has 0 bridgehead atoms. The standard InChI is InChI=1S/C48H56N4O3/c53-32-33-6-16-43-39(28-33)11-17-42(37-4-2-1-3-5-37)46(43)38-9-14-41(15-10-38)52-26-22-48(23-27-52)29-34(30-48)31-51-24-20-36(21-25-51)35-7-12-40(13-8-35)49-44-18-19-45(54)50-47(44)55/h1-10,12-16,28,34,36,42,44,46,49,53H,11,17-27,29-32H2,(H,50,54,55)/t42-,44-,46+/m1/s1. The van der Waals surface area contributed by atoms with E-state index in [-0.39, 0.29) is 24.5 Å². The number of rotatable bonds is 9.